The summed E-state index contributed by atoms with van der Waals surface area (Å²) in [5.41, 5.74) is 1.73. The number of nitrogens with zero attached hydrogens (tertiary/aromatic N) is 1. The molecule has 126 valence electrons. The Bertz CT molecular complexity index is 884. The number of para-hydroxylation sites is 1. The fraction of sp³-hybridized carbons (Fsp3) is 0.0500. The maximum atomic E-state index is 12.4. The van der Waals surface area contributed by atoms with Gasteiger partial charge in [0.05, 0.1) is 5.75 Å². The summed E-state index contributed by atoms with van der Waals surface area (Å²) in [5.74, 6) is 0.230. The van der Waals surface area contributed by atoms with Gasteiger partial charge in [0.2, 0.25) is 11.1 Å². The lowest BCUT2D eigenvalue weighted by molar-refractivity contribution is 0.103. The molecule has 0 spiro atoms. The fourth-order valence-corrected chi connectivity index (χ4v) is 3.12. The molecule has 3 aromatic rings. The van der Waals surface area contributed by atoms with Gasteiger partial charge in [0, 0.05) is 29.2 Å². The molecule has 2 aromatic carbocycles. The average molecular weight is 351 g/mol. The van der Waals surface area contributed by atoms with E-state index in [2.05, 4.69) is 6.58 Å². The molecule has 0 aliphatic carbocycles. The molecular weight excluding hydrogens is 334 g/mol. The summed E-state index contributed by atoms with van der Waals surface area (Å²) in [7, 11) is 0. The van der Waals surface area contributed by atoms with Crippen LogP contribution in [0.3, 0.4) is 0 Å². The zero-order valence-corrected chi connectivity index (χ0v) is 14.3. The molecule has 1 heterocycles. The Morgan fingerprint density at radius 2 is 1.60 bits per heavy atom. The number of carbonyl (C=O) groups excluding carboxylic acids is 1. The second kappa shape index (κ2) is 7.77. The molecular formula is C20H17NO3S. The summed E-state index contributed by atoms with van der Waals surface area (Å²) in [5, 5.41) is 0. The molecule has 0 aliphatic rings. The van der Waals surface area contributed by atoms with E-state index in [1.165, 1.54) is 0 Å². The minimum absolute atomic E-state index is 0.0346. The number of benzene rings is 2. The molecule has 0 bridgehead atoms. The third-order valence-electron chi connectivity index (χ3n) is 3.58. The summed E-state index contributed by atoms with van der Waals surface area (Å²) in [4.78, 5) is 12.4. The lowest BCUT2D eigenvalue weighted by Gasteiger charge is -2.08. The van der Waals surface area contributed by atoms with Crippen LogP contribution in [0.25, 0.3) is 5.69 Å². The van der Waals surface area contributed by atoms with Gasteiger partial charge in [0.25, 0.3) is 0 Å². The SMILES string of the molecule is C=C(CS(=O)Oc1ccccc1)C(=O)c1ccc(-n2cccc2)cc1. The van der Waals surface area contributed by atoms with Gasteiger partial charge in [-0.05, 0) is 48.5 Å². The topological polar surface area (TPSA) is 48.3 Å². The van der Waals surface area contributed by atoms with Crippen molar-refractivity contribution in [2.24, 2.45) is 0 Å². The molecule has 0 saturated carbocycles. The predicted molar refractivity (Wildman–Crippen MR) is 99.3 cm³/mol. The number of hydrogen-bond acceptors (Lipinski definition) is 3. The van der Waals surface area contributed by atoms with Gasteiger partial charge in [-0.15, -0.1) is 0 Å². The standard InChI is InChI=1S/C20H17NO3S/c1-16(15-25(23)24-19-7-3-2-4-8-19)20(22)17-9-11-18(12-10-17)21-13-5-6-14-21/h2-14H,1,15H2. The molecule has 0 N–H and O–H groups in total. The Hall–Kier alpha value is -2.92. The van der Waals surface area contributed by atoms with Crippen molar-refractivity contribution in [3.63, 3.8) is 0 Å². The van der Waals surface area contributed by atoms with Gasteiger partial charge in [-0.3, -0.25) is 4.79 Å². The van der Waals surface area contributed by atoms with Crippen LogP contribution in [0.2, 0.25) is 0 Å². The second-order valence-corrected chi connectivity index (χ2v) is 6.48. The van der Waals surface area contributed by atoms with Crippen LogP contribution in [-0.4, -0.2) is 20.3 Å². The van der Waals surface area contributed by atoms with Crippen molar-refractivity contribution >= 4 is 16.9 Å². The Labute approximate surface area is 149 Å². The normalized spacial score (nSPS) is 11.7. The van der Waals surface area contributed by atoms with Crippen LogP contribution in [-0.2, 0) is 11.1 Å². The fourth-order valence-electron chi connectivity index (χ4n) is 2.32. The van der Waals surface area contributed by atoms with E-state index in [9.17, 15) is 9.00 Å². The van der Waals surface area contributed by atoms with Crippen molar-refractivity contribution < 1.29 is 13.2 Å². The first kappa shape index (κ1) is 16.9. The molecule has 25 heavy (non-hydrogen) atoms. The Morgan fingerprint density at radius 1 is 0.960 bits per heavy atom. The quantitative estimate of drug-likeness (QED) is 0.478. The minimum Gasteiger partial charge on any atom is -0.400 e. The van der Waals surface area contributed by atoms with Crippen LogP contribution in [0.15, 0.2) is 91.3 Å². The summed E-state index contributed by atoms with van der Waals surface area (Å²) < 4.78 is 19.3. The first-order chi connectivity index (χ1) is 12.1. The highest BCUT2D eigenvalue weighted by molar-refractivity contribution is 7.80. The Kier molecular flexibility index (Phi) is 5.26. The second-order valence-electron chi connectivity index (χ2n) is 5.41. The number of aromatic nitrogens is 1. The van der Waals surface area contributed by atoms with Gasteiger partial charge in [-0.1, -0.05) is 24.8 Å². The first-order valence-corrected chi connectivity index (χ1v) is 8.95. The van der Waals surface area contributed by atoms with E-state index in [-0.39, 0.29) is 17.1 Å². The van der Waals surface area contributed by atoms with Crippen molar-refractivity contribution in [2.75, 3.05) is 5.75 Å². The third-order valence-corrected chi connectivity index (χ3v) is 4.54. The zero-order valence-electron chi connectivity index (χ0n) is 13.5. The molecule has 0 radical (unpaired) electrons. The van der Waals surface area contributed by atoms with Crippen LogP contribution in [0.5, 0.6) is 5.75 Å². The smallest absolute Gasteiger partial charge is 0.211 e. The summed E-state index contributed by atoms with van der Waals surface area (Å²) in [6.07, 6.45) is 3.86. The van der Waals surface area contributed by atoms with Crippen LogP contribution in [0, 0.1) is 0 Å². The monoisotopic (exact) mass is 351 g/mol. The van der Waals surface area contributed by atoms with E-state index < -0.39 is 11.1 Å². The van der Waals surface area contributed by atoms with E-state index >= 15 is 0 Å². The van der Waals surface area contributed by atoms with Crippen molar-refractivity contribution in [2.45, 2.75) is 0 Å². The minimum atomic E-state index is -1.65. The Balaban J connectivity index is 1.62. The predicted octanol–water partition coefficient (Wildman–Crippen LogP) is 3.96. The van der Waals surface area contributed by atoms with Crippen LogP contribution < -0.4 is 4.18 Å². The van der Waals surface area contributed by atoms with Crippen LogP contribution in [0.4, 0.5) is 0 Å². The average Bonchev–Trinajstić information content (AvgIpc) is 3.16. The van der Waals surface area contributed by atoms with Gasteiger partial charge in [0.15, 0.2) is 5.78 Å². The van der Waals surface area contributed by atoms with Gasteiger partial charge < -0.3 is 8.75 Å². The zero-order chi connectivity index (χ0) is 17.6. The number of ketones is 1. The maximum Gasteiger partial charge on any atom is 0.211 e. The van der Waals surface area contributed by atoms with Crippen LogP contribution in [0.1, 0.15) is 10.4 Å². The molecule has 0 aliphatic heterocycles. The highest BCUT2D eigenvalue weighted by Crippen LogP contribution is 2.15. The van der Waals surface area contributed by atoms with E-state index in [1.807, 2.05) is 47.3 Å². The molecule has 1 atom stereocenters. The molecule has 5 heteroatoms. The molecule has 0 amide bonds. The summed E-state index contributed by atoms with van der Waals surface area (Å²) in [6, 6.07) is 19.9. The third kappa shape index (κ3) is 4.33. The summed E-state index contributed by atoms with van der Waals surface area (Å²) >= 11 is -1.65. The van der Waals surface area contributed by atoms with E-state index in [0.717, 1.165) is 5.69 Å². The van der Waals surface area contributed by atoms with E-state index in [4.69, 9.17) is 4.18 Å². The van der Waals surface area contributed by atoms with E-state index in [0.29, 0.717) is 11.3 Å². The van der Waals surface area contributed by atoms with E-state index in [1.54, 1.807) is 36.4 Å². The largest absolute Gasteiger partial charge is 0.400 e. The molecule has 1 unspecified atom stereocenters. The maximum absolute atomic E-state index is 12.4. The molecule has 0 saturated heterocycles. The number of hydrogen-bond donors (Lipinski definition) is 0. The van der Waals surface area contributed by atoms with Gasteiger partial charge in [-0.2, -0.15) is 0 Å². The molecule has 3 rings (SSSR count). The number of rotatable bonds is 7. The lowest BCUT2D eigenvalue weighted by Crippen LogP contribution is -2.13. The first-order valence-electron chi connectivity index (χ1n) is 7.71. The van der Waals surface area contributed by atoms with Gasteiger partial charge in [0.1, 0.15) is 5.75 Å². The van der Waals surface area contributed by atoms with Gasteiger partial charge in [-0.25, -0.2) is 4.21 Å². The van der Waals surface area contributed by atoms with Gasteiger partial charge >= 0.3 is 0 Å². The summed E-state index contributed by atoms with van der Waals surface area (Å²) in [6.45, 7) is 3.76. The van der Waals surface area contributed by atoms with Crippen molar-refractivity contribution in [3.05, 3.63) is 96.8 Å². The highest BCUT2D eigenvalue weighted by Gasteiger charge is 2.14. The number of Topliss-reactive ketones (excluding diaryl/α,β-unsaturated/α-hetero) is 1. The molecule has 0 fully saturated rings. The van der Waals surface area contributed by atoms with Crippen molar-refractivity contribution in [3.8, 4) is 11.4 Å². The van der Waals surface area contributed by atoms with Crippen molar-refractivity contribution in [1.29, 1.82) is 0 Å². The van der Waals surface area contributed by atoms with Crippen molar-refractivity contribution in [1.82, 2.24) is 4.57 Å². The number of carbonyl (C=O) groups is 1. The lowest BCUT2D eigenvalue weighted by atomic mass is 10.1. The Morgan fingerprint density at radius 3 is 2.24 bits per heavy atom. The molecule has 4 nitrogen and oxygen atoms in total. The molecule has 1 aromatic heterocycles. The highest BCUT2D eigenvalue weighted by atomic mass is 32.2. The van der Waals surface area contributed by atoms with Crippen LogP contribution >= 0.6 is 0 Å².